The van der Waals surface area contributed by atoms with Crippen molar-refractivity contribution in [3.05, 3.63) is 23.3 Å². The zero-order valence-electron chi connectivity index (χ0n) is 26.7. The number of ketones is 1. The van der Waals surface area contributed by atoms with Crippen molar-refractivity contribution in [2.45, 2.75) is 149 Å². The highest BCUT2D eigenvalue weighted by molar-refractivity contribution is 5.99. The molecule has 4 rings (SSSR count). The summed E-state index contributed by atoms with van der Waals surface area (Å²) in [5.74, 6) is -1.07. The van der Waals surface area contributed by atoms with Gasteiger partial charge in [-0.25, -0.2) is 0 Å². The van der Waals surface area contributed by atoms with Gasteiger partial charge in [0.2, 0.25) is 0 Å². The van der Waals surface area contributed by atoms with Gasteiger partial charge in [-0.15, -0.1) is 0 Å². The molecule has 0 aromatic rings. The molecule has 41 heavy (non-hydrogen) atoms. The van der Waals surface area contributed by atoms with Gasteiger partial charge < -0.3 is 14.9 Å². The first-order valence-electron chi connectivity index (χ1n) is 17.0. The fourth-order valence-electron chi connectivity index (χ4n) is 9.08. The van der Waals surface area contributed by atoms with E-state index in [-0.39, 0.29) is 53.4 Å². The van der Waals surface area contributed by atoms with Crippen molar-refractivity contribution in [1.82, 2.24) is 0 Å². The zero-order chi connectivity index (χ0) is 29.8. The van der Waals surface area contributed by atoms with E-state index < -0.39 is 11.2 Å². The molecule has 0 aromatic carbocycles. The van der Waals surface area contributed by atoms with Crippen molar-refractivity contribution in [1.29, 1.82) is 0 Å². The lowest BCUT2D eigenvalue weighted by Crippen LogP contribution is -2.56. The number of carbonyl (C=O) groups excluding carboxylic acids is 2. The van der Waals surface area contributed by atoms with E-state index in [0.29, 0.717) is 19.3 Å². The van der Waals surface area contributed by atoms with Gasteiger partial charge in [0.15, 0.2) is 5.78 Å². The van der Waals surface area contributed by atoms with Gasteiger partial charge in [-0.05, 0) is 43.3 Å². The molecule has 5 heteroatoms. The van der Waals surface area contributed by atoms with Crippen molar-refractivity contribution in [2.24, 2.45) is 35.0 Å². The van der Waals surface area contributed by atoms with Gasteiger partial charge in [0, 0.05) is 35.5 Å². The van der Waals surface area contributed by atoms with Crippen LogP contribution in [0.1, 0.15) is 137 Å². The number of fused-ring (bicyclic) bond motifs is 5. The lowest BCUT2D eigenvalue weighted by molar-refractivity contribution is -0.173. The Hall–Kier alpha value is -1.46. The summed E-state index contributed by atoms with van der Waals surface area (Å²) < 4.78 is 6.38. The van der Waals surface area contributed by atoms with E-state index in [2.05, 4.69) is 27.7 Å². The average Bonchev–Trinajstić information content (AvgIpc) is 3.30. The zero-order valence-corrected chi connectivity index (χ0v) is 26.7. The summed E-state index contributed by atoms with van der Waals surface area (Å²) in [5.41, 5.74) is -0.440. The molecular weight excluding hydrogens is 512 g/mol. The number of esters is 1. The van der Waals surface area contributed by atoms with Gasteiger partial charge in [-0.1, -0.05) is 117 Å². The largest absolute Gasteiger partial charge is 0.458 e. The van der Waals surface area contributed by atoms with Crippen LogP contribution < -0.4 is 0 Å². The Labute approximate surface area is 249 Å². The summed E-state index contributed by atoms with van der Waals surface area (Å²) in [4.78, 5) is 26.2. The minimum atomic E-state index is -1.10. The van der Waals surface area contributed by atoms with Gasteiger partial charge in [0.05, 0.1) is 12.2 Å². The van der Waals surface area contributed by atoms with Crippen LogP contribution in [0.5, 0.6) is 0 Å². The Morgan fingerprint density at radius 3 is 2.05 bits per heavy atom. The van der Waals surface area contributed by atoms with Gasteiger partial charge in [-0.2, -0.15) is 0 Å². The lowest BCUT2D eigenvalue weighted by atomic mass is 9.61. The van der Waals surface area contributed by atoms with Gasteiger partial charge in [-0.3, -0.25) is 9.59 Å². The van der Waals surface area contributed by atoms with Gasteiger partial charge in [0.25, 0.3) is 0 Å². The molecule has 2 saturated carbocycles. The Morgan fingerprint density at radius 2 is 1.49 bits per heavy atom. The minimum absolute atomic E-state index is 0.0310. The van der Waals surface area contributed by atoms with E-state index in [9.17, 15) is 19.8 Å². The fourth-order valence-corrected chi connectivity index (χ4v) is 9.08. The topological polar surface area (TPSA) is 83.8 Å². The molecule has 0 saturated heterocycles. The number of unbranched alkanes of at least 4 members (excludes halogenated alkanes) is 12. The molecule has 4 aliphatic carbocycles. The molecule has 2 fully saturated rings. The Morgan fingerprint density at radius 1 is 0.927 bits per heavy atom. The number of rotatable bonds is 16. The van der Waals surface area contributed by atoms with Gasteiger partial charge >= 0.3 is 5.97 Å². The van der Waals surface area contributed by atoms with Crippen molar-refractivity contribution in [3.63, 3.8) is 0 Å². The van der Waals surface area contributed by atoms with E-state index in [1.165, 1.54) is 70.6 Å². The lowest BCUT2D eigenvalue weighted by Gasteiger charge is -2.49. The molecule has 0 aromatic heterocycles. The molecule has 0 unspecified atom stereocenters. The second-order valence-electron chi connectivity index (χ2n) is 14.6. The number of ether oxygens (including phenoxy) is 1. The van der Waals surface area contributed by atoms with Crippen molar-refractivity contribution in [2.75, 3.05) is 6.61 Å². The summed E-state index contributed by atoms with van der Waals surface area (Å²) in [6.45, 7) is 10.4. The number of aliphatic hydroxyl groups is 2. The van der Waals surface area contributed by atoms with Crippen LogP contribution in [0.3, 0.4) is 0 Å². The summed E-state index contributed by atoms with van der Waals surface area (Å²) in [7, 11) is 0. The fraction of sp³-hybridized carbons (Fsp3) is 0.833. The van der Waals surface area contributed by atoms with Crippen LogP contribution in [0.2, 0.25) is 0 Å². The summed E-state index contributed by atoms with van der Waals surface area (Å²) in [6, 6.07) is 0. The molecule has 7 atom stereocenters. The average molecular weight is 571 g/mol. The first kappa shape index (κ1) is 32.5. The second-order valence-corrected chi connectivity index (χ2v) is 14.6. The highest BCUT2D eigenvalue weighted by Gasteiger charge is 2.82. The smallest absolute Gasteiger partial charge is 0.306 e. The molecule has 232 valence electrons. The van der Waals surface area contributed by atoms with Crippen molar-refractivity contribution < 1.29 is 24.5 Å². The molecule has 0 spiro atoms. The molecule has 0 bridgehead atoms. The third kappa shape index (κ3) is 6.28. The Kier molecular flexibility index (Phi) is 10.6. The van der Waals surface area contributed by atoms with Crippen LogP contribution in [0.15, 0.2) is 23.3 Å². The molecule has 0 radical (unpaired) electrons. The third-order valence-corrected chi connectivity index (χ3v) is 11.6. The highest BCUT2D eigenvalue weighted by atomic mass is 16.6. The van der Waals surface area contributed by atoms with E-state index in [1.54, 1.807) is 0 Å². The normalized spacial score (nSPS) is 35.1. The summed E-state index contributed by atoms with van der Waals surface area (Å²) in [6.07, 6.45) is 22.1. The van der Waals surface area contributed by atoms with Crippen LogP contribution >= 0.6 is 0 Å². The van der Waals surface area contributed by atoms with Crippen molar-refractivity contribution >= 4 is 11.8 Å². The standard InChI is InChI=1S/C36H58O5/c1-6-7-8-9-10-11-12-13-14-15-16-17-18-19-31(38)41-35-23-26(3)36(40)29-20-25(2)32(39)28(29)21-27(24-37)22-30(36)33(35)34(35,4)5/h20,22,26,28-30,33,37,40H,6-19,21,23-24H2,1-5H3/t26-,28-,29-,30+,33-,35+,36+/m1/s1. The molecule has 0 heterocycles. The van der Waals surface area contributed by atoms with Crippen LogP contribution in [0.4, 0.5) is 0 Å². The van der Waals surface area contributed by atoms with Crippen LogP contribution in [-0.4, -0.2) is 39.8 Å². The first-order chi connectivity index (χ1) is 19.5. The first-order valence-corrected chi connectivity index (χ1v) is 17.0. The third-order valence-electron chi connectivity index (χ3n) is 11.6. The maximum atomic E-state index is 13.1. The van der Waals surface area contributed by atoms with E-state index in [1.807, 2.05) is 19.1 Å². The maximum absolute atomic E-state index is 13.1. The molecule has 0 amide bonds. The molecule has 0 aliphatic heterocycles. The number of Topliss-reactive ketones (excluding diaryl/α,β-unsaturated/α-hetero) is 1. The predicted molar refractivity (Wildman–Crippen MR) is 164 cm³/mol. The summed E-state index contributed by atoms with van der Waals surface area (Å²) in [5, 5.41) is 22.6. The van der Waals surface area contributed by atoms with E-state index in [0.717, 1.165) is 24.0 Å². The molecule has 4 aliphatic rings. The number of hydrogen-bond acceptors (Lipinski definition) is 5. The van der Waals surface area contributed by atoms with E-state index in [4.69, 9.17) is 4.74 Å². The SMILES string of the molecule is CCCCCCCCCCCCCCCC(=O)O[C@@]12C[C@@H](C)[C@]3(O)[C@@H]4C=C(C)C(=O)[C@@H]4CC(CO)=C[C@H]3[C@@H]1C2(C)C. The van der Waals surface area contributed by atoms with Crippen LogP contribution in [-0.2, 0) is 14.3 Å². The van der Waals surface area contributed by atoms with Gasteiger partial charge in [0.1, 0.15) is 5.60 Å². The molecule has 5 nitrogen and oxygen atoms in total. The second kappa shape index (κ2) is 13.5. The van der Waals surface area contributed by atoms with E-state index >= 15 is 0 Å². The predicted octanol–water partition coefficient (Wildman–Crippen LogP) is 7.88. The van der Waals surface area contributed by atoms with Crippen LogP contribution in [0, 0.1) is 35.0 Å². The number of hydrogen-bond donors (Lipinski definition) is 2. The number of carbonyl (C=O) groups is 2. The van der Waals surface area contributed by atoms with Crippen molar-refractivity contribution in [3.8, 4) is 0 Å². The quantitative estimate of drug-likeness (QED) is 0.112. The van der Waals surface area contributed by atoms with Crippen LogP contribution in [0.25, 0.3) is 0 Å². The molecule has 2 N–H and O–H groups in total. The number of allylic oxidation sites excluding steroid dienone is 1. The molecular formula is C36H58O5. The minimum Gasteiger partial charge on any atom is -0.458 e. The Balaban J connectivity index is 1.27. The maximum Gasteiger partial charge on any atom is 0.306 e. The summed E-state index contributed by atoms with van der Waals surface area (Å²) >= 11 is 0. The monoisotopic (exact) mass is 570 g/mol. The highest BCUT2D eigenvalue weighted by Crippen LogP contribution is 2.76. The number of aliphatic hydroxyl groups excluding tert-OH is 1. The Bertz CT molecular complexity index is 994.